The van der Waals surface area contributed by atoms with Crippen molar-refractivity contribution in [3.8, 4) is 0 Å². The standard InChI is InChI=1S/C18H33OP/c1-4-5-6-7-8-9-10-14-17-20(2,3,19)18-15-12-11-13-16-18/h11-13,15-16,19H,4-10,14,17H2,1-3H3. The van der Waals surface area contributed by atoms with E-state index in [1.807, 2.05) is 18.2 Å². The molecule has 0 aliphatic heterocycles. The van der Waals surface area contributed by atoms with Gasteiger partial charge in [-0.2, -0.15) is 0 Å². The minimum atomic E-state index is -2.63. The molecule has 0 radical (unpaired) electrons. The predicted octanol–water partition coefficient (Wildman–Crippen LogP) is 5.17. The van der Waals surface area contributed by atoms with Crippen molar-refractivity contribution in [1.29, 1.82) is 0 Å². The van der Waals surface area contributed by atoms with Crippen molar-refractivity contribution in [2.24, 2.45) is 0 Å². The molecule has 0 spiro atoms. The molecule has 0 atom stereocenters. The summed E-state index contributed by atoms with van der Waals surface area (Å²) < 4.78 is 0. The Bertz CT molecular complexity index is 364. The van der Waals surface area contributed by atoms with E-state index in [1.165, 1.54) is 44.9 Å². The zero-order valence-electron chi connectivity index (χ0n) is 13.6. The molecule has 0 saturated heterocycles. The van der Waals surface area contributed by atoms with E-state index in [0.717, 1.165) is 17.9 Å². The molecule has 116 valence electrons. The quantitative estimate of drug-likeness (QED) is 0.466. The third-order valence-corrected chi connectivity index (χ3v) is 7.80. The molecule has 20 heavy (non-hydrogen) atoms. The second kappa shape index (κ2) is 8.15. The van der Waals surface area contributed by atoms with E-state index < -0.39 is 6.83 Å². The van der Waals surface area contributed by atoms with Crippen LogP contribution in [0.15, 0.2) is 30.3 Å². The molecule has 1 rings (SSSR count). The first-order valence-corrected chi connectivity index (χ1v) is 11.5. The Balaban J connectivity index is 2.26. The maximum atomic E-state index is 11.1. The molecule has 0 heterocycles. The molecular formula is C18H33OP. The molecule has 0 unspecified atom stereocenters. The number of hydrogen-bond donors (Lipinski definition) is 1. The fourth-order valence-corrected chi connectivity index (χ4v) is 5.27. The SMILES string of the molecule is CCCCCCCCCCP(C)(C)(O)c1ccccc1. The molecule has 0 fully saturated rings. The minimum absolute atomic E-state index is 0.963. The Morgan fingerprint density at radius 3 is 1.85 bits per heavy atom. The van der Waals surface area contributed by atoms with Crippen LogP contribution < -0.4 is 5.30 Å². The van der Waals surface area contributed by atoms with Gasteiger partial charge >= 0.3 is 125 Å². The summed E-state index contributed by atoms with van der Waals surface area (Å²) in [5.41, 5.74) is 0. The van der Waals surface area contributed by atoms with Crippen molar-refractivity contribution in [2.75, 3.05) is 19.5 Å². The van der Waals surface area contributed by atoms with Crippen molar-refractivity contribution in [3.05, 3.63) is 30.3 Å². The molecule has 1 aromatic rings. The summed E-state index contributed by atoms with van der Waals surface area (Å²) in [5.74, 6) is 0. The van der Waals surface area contributed by atoms with Crippen LogP contribution in [0, 0.1) is 0 Å². The zero-order chi connectivity index (χ0) is 14.9. The van der Waals surface area contributed by atoms with Gasteiger partial charge in [-0.1, -0.05) is 0 Å². The van der Waals surface area contributed by atoms with Crippen LogP contribution in [0.1, 0.15) is 58.3 Å². The molecule has 1 aromatic carbocycles. The van der Waals surface area contributed by atoms with Crippen LogP contribution in [-0.2, 0) is 0 Å². The fraction of sp³-hybridized carbons (Fsp3) is 0.667. The summed E-state index contributed by atoms with van der Waals surface area (Å²) in [5, 5.41) is 1.15. The number of hydrogen-bond acceptors (Lipinski definition) is 1. The first-order valence-electron chi connectivity index (χ1n) is 8.25. The fourth-order valence-electron chi connectivity index (χ4n) is 2.74. The van der Waals surface area contributed by atoms with Gasteiger partial charge in [0.25, 0.3) is 0 Å². The van der Waals surface area contributed by atoms with Crippen molar-refractivity contribution < 1.29 is 4.89 Å². The average molecular weight is 296 g/mol. The van der Waals surface area contributed by atoms with E-state index in [9.17, 15) is 4.89 Å². The van der Waals surface area contributed by atoms with Crippen molar-refractivity contribution >= 4 is 12.1 Å². The van der Waals surface area contributed by atoms with Gasteiger partial charge in [-0.3, -0.25) is 0 Å². The molecule has 0 amide bonds. The second-order valence-electron chi connectivity index (χ2n) is 6.86. The van der Waals surface area contributed by atoms with Gasteiger partial charge in [-0.15, -0.1) is 0 Å². The van der Waals surface area contributed by atoms with Crippen LogP contribution >= 0.6 is 6.83 Å². The molecule has 1 N–H and O–H groups in total. The Hall–Kier alpha value is -0.390. The first-order chi connectivity index (χ1) is 9.44. The summed E-state index contributed by atoms with van der Waals surface area (Å²) in [6.45, 7) is 3.80. The van der Waals surface area contributed by atoms with Gasteiger partial charge in [0.15, 0.2) is 0 Å². The summed E-state index contributed by atoms with van der Waals surface area (Å²) >= 11 is 0. The third-order valence-electron chi connectivity index (χ3n) is 4.24. The van der Waals surface area contributed by atoms with E-state index in [1.54, 1.807) is 0 Å². The average Bonchev–Trinajstić information content (AvgIpc) is 2.42. The van der Waals surface area contributed by atoms with Crippen LogP contribution in [-0.4, -0.2) is 24.4 Å². The molecule has 0 aromatic heterocycles. The third kappa shape index (κ3) is 6.37. The monoisotopic (exact) mass is 296 g/mol. The second-order valence-corrected chi connectivity index (χ2v) is 12.5. The topological polar surface area (TPSA) is 20.2 Å². The van der Waals surface area contributed by atoms with Crippen LogP contribution in [0.2, 0.25) is 0 Å². The van der Waals surface area contributed by atoms with E-state index in [0.29, 0.717) is 0 Å². The van der Waals surface area contributed by atoms with Gasteiger partial charge in [0.05, 0.1) is 0 Å². The van der Waals surface area contributed by atoms with E-state index in [4.69, 9.17) is 0 Å². The van der Waals surface area contributed by atoms with Gasteiger partial charge in [0.2, 0.25) is 0 Å². The first kappa shape index (κ1) is 17.7. The molecule has 0 aliphatic rings. The van der Waals surface area contributed by atoms with Crippen molar-refractivity contribution in [1.82, 2.24) is 0 Å². The van der Waals surface area contributed by atoms with Crippen molar-refractivity contribution in [2.45, 2.75) is 58.3 Å². The van der Waals surface area contributed by atoms with Gasteiger partial charge in [0.1, 0.15) is 0 Å². The summed E-state index contributed by atoms with van der Waals surface area (Å²) in [7, 11) is 0. The van der Waals surface area contributed by atoms with Crippen LogP contribution in [0.3, 0.4) is 0 Å². The zero-order valence-corrected chi connectivity index (χ0v) is 14.5. The number of unbranched alkanes of at least 4 members (excludes halogenated alkanes) is 7. The van der Waals surface area contributed by atoms with Gasteiger partial charge in [-0.25, -0.2) is 0 Å². The molecular weight excluding hydrogens is 263 g/mol. The summed E-state index contributed by atoms with van der Waals surface area (Å²) in [6.07, 6.45) is 11.5. The van der Waals surface area contributed by atoms with Crippen LogP contribution in [0.25, 0.3) is 0 Å². The molecule has 0 aliphatic carbocycles. The Morgan fingerprint density at radius 1 is 0.800 bits per heavy atom. The van der Waals surface area contributed by atoms with Gasteiger partial charge < -0.3 is 0 Å². The summed E-state index contributed by atoms with van der Waals surface area (Å²) in [6, 6.07) is 10.3. The molecule has 0 bridgehead atoms. The Labute approximate surface area is 125 Å². The normalized spacial score (nSPS) is 13.9. The maximum absolute atomic E-state index is 11.1. The van der Waals surface area contributed by atoms with Gasteiger partial charge in [-0.05, 0) is 0 Å². The number of rotatable bonds is 10. The molecule has 2 heteroatoms. The van der Waals surface area contributed by atoms with E-state index in [2.05, 4.69) is 32.4 Å². The summed E-state index contributed by atoms with van der Waals surface area (Å²) in [4.78, 5) is 11.1. The van der Waals surface area contributed by atoms with Crippen LogP contribution in [0.5, 0.6) is 0 Å². The van der Waals surface area contributed by atoms with E-state index >= 15 is 0 Å². The Morgan fingerprint density at radius 2 is 1.30 bits per heavy atom. The predicted molar refractivity (Wildman–Crippen MR) is 94.5 cm³/mol. The van der Waals surface area contributed by atoms with E-state index in [-0.39, 0.29) is 0 Å². The van der Waals surface area contributed by atoms with Crippen LogP contribution in [0.4, 0.5) is 0 Å². The van der Waals surface area contributed by atoms with Crippen molar-refractivity contribution in [3.63, 3.8) is 0 Å². The molecule has 1 nitrogen and oxygen atoms in total. The Kier molecular flexibility index (Phi) is 7.20. The van der Waals surface area contributed by atoms with Gasteiger partial charge in [0, 0.05) is 0 Å². The number of benzene rings is 1. The molecule has 0 saturated carbocycles.